The molecule has 29 heavy (non-hydrogen) atoms. The van der Waals surface area contributed by atoms with Gasteiger partial charge in [0, 0.05) is 18.2 Å². The van der Waals surface area contributed by atoms with Gasteiger partial charge in [-0.05, 0) is 56.2 Å². The number of fused-ring (bicyclic) bond motifs is 1. The first-order valence-corrected chi connectivity index (χ1v) is 11.2. The first-order valence-electron chi connectivity index (χ1n) is 9.63. The number of nitrogens with zero attached hydrogens (tertiary/aromatic N) is 4. The van der Waals surface area contributed by atoms with E-state index >= 15 is 0 Å². The molecule has 152 valence electrons. The predicted octanol–water partition coefficient (Wildman–Crippen LogP) is 2.18. The Labute approximate surface area is 169 Å². The lowest BCUT2D eigenvalue weighted by Gasteiger charge is -2.28. The Balaban J connectivity index is 1.41. The highest BCUT2D eigenvalue weighted by Crippen LogP contribution is 2.23. The number of aromatic nitrogens is 3. The molecule has 0 unspecified atom stereocenters. The van der Waals surface area contributed by atoms with Gasteiger partial charge in [-0.15, -0.1) is 5.10 Å². The molecule has 2 aromatic carbocycles. The zero-order valence-electron chi connectivity index (χ0n) is 16.2. The summed E-state index contributed by atoms with van der Waals surface area (Å²) in [6.07, 6.45) is 1.54. The van der Waals surface area contributed by atoms with Crippen molar-refractivity contribution in [2.45, 2.75) is 32.4 Å². The number of benzene rings is 2. The first kappa shape index (κ1) is 19.4. The van der Waals surface area contributed by atoms with Crippen LogP contribution in [-0.2, 0) is 16.6 Å². The summed E-state index contributed by atoms with van der Waals surface area (Å²) in [6.45, 7) is 2.89. The molecule has 0 spiro atoms. The minimum Gasteiger partial charge on any atom is -0.348 e. The van der Waals surface area contributed by atoms with Crippen LogP contribution in [0.5, 0.6) is 0 Å². The van der Waals surface area contributed by atoms with Crippen molar-refractivity contribution < 1.29 is 13.2 Å². The van der Waals surface area contributed by atoms with Gasteiger partial charge in [0.25, 0.3) is 5.91 Å². The van der Waals surface area contributed by atoms with Crippen LogP contribution in [0.25, 0.3) is 11.0 Å². The van der Waals surface area contributed by atoms with Crippen LogP contribution in [0.2, 0.25) is 0 Å². The molecule has 0 aliphatic carbocycles. The predicted molar refractivity (Wildman–Crippen MR) is 111 cm³/mol. The average Bonchev–Trinajstić information content (AvgIpc) is 3.10. The monoisotopic (exact) mass is 413 g/mol. The van der Waals surface area contributed by atoms with Gasteiger partial charge in [0.05, 0.1) is 23.5 Å². The Bertz CT molecular complexity index is 1120. The Morgan fingerprint density at radius 1 is 1.14 bits per heavy atom. The molecule has 1 N–H and O–H groups in total. The van der Waals surface area contributed by atoms with Gasteiger partial charge in [-0.25, -0.2) is 13.1 Å². The topological polar surface area (TPSA) is 97.2 Å². The summed E-state index contributed by atoms with van der Waals surface area (Å²) in [5, 5.41) is 11.2. The molecule has 1 aliphatic heterocycles. The lowest BCUT2D eigenvalue weighted by Crippen LogP contribution is -2.38. The van der Waals surface area contributed by atoms with Crippen LogP contribution >= 0.6 is 0 Å². The molecular weight excluding hydrogens is 390 g/mol. The Kier molecular flexibility index (Phi) is 5.23. The Morgan fingerprint density at radius 2 is 1.90 bits per heavy atom. The lowest BCUT2D eigenvalue weighted by molar-refractivity contribution is 0.0936. The van der Waals surface area contributed by atoms with E-state index in [0.29, 0.717) is 30.8 Å². The van der Waals surface area contributed by atoms with Gasteiger partial charge >= 0.3 is 0 Å². The third-order valence-electron chi connectivity index (χ3n) is 5.01. The van der Waals surface area contributed by atoms with Crippen LogP contribution in [0.15, 0.2) is 48.5 Å². The maximum atomic E-state index is 12.6. The van der Waals surface area contributed by atoms with Crippen molar-refractivity contribution in [2.75, 3.05) is 16.6 Å². The molecule has 4 rings (SSSR count). The third kappa shape index (κ3) is 4.09. The highest BCUT2D eigenvalue weighted by molar-refractivity contribution is 7.92. The van der Waals surface area contributed by atoms with E-state index in [2.05, 4.69) is 15.6 Å². The smallest absolute Gasteiger partial charge is 0.251 e. The third-order valence-corrected chi connectivity index (χ3v) is 6.88. The van der Waals surface area contributed by atoms with E-state index in [1.165, 1.54) is 4.31 Å². The number of sulfonamides is 1. The maximum Gasteiger partial charge on any atom is 0.251 e. The van der Waals surface area contributed by atoms with Crippen molar-refractivity contribution in [3.8, 4) is 0 Å². The summed E-state index contributed by atoms with van der Waals surface area (Å²) < 4.78 is 27.6. The minimum atomic E-state index is -3.26. The number of rotatable bonds is 5. The molecule has 1 atom stereocenters. The van der Waals surface area contributed by atoms with Crippen molar-refractivity contribution in [3.63, 3.8) is 0 Å². The van der Waals surface area contributed by atoms with Gasteiger partial charge in [0.1, 0.15) is 5.52 Å². The summed E-state index contributed by atoms with van der Waals surface area (Å²) in [6, 6.07) is 14.2. The first-order chi connectivity index (χ1) is 13.9. The lowest BCUT2D eigenvalue weighted by atomic mass is 10.1. The number of nitrogens with one attached hydrogen (secondary N) is 1. The Hall–Kier alpha value is -2.94. The van der Waals surface area contributed by atoms with Crippen LogP contribution in [0.3, 0.4) is 0 Å². The summed E-state index contributed by atoms with van der Waals surface area (Å²) in [5.74, 6) is -0.0426. The normalized spacial score (nSPS) is 17.2. The largest absolute Gasteiger partial charge is 0.348 e. The van der Waals surface area contributed by atoms with E-state index in [0.717, 1.165) is 17.5 Å². The van der Waals surface area contributed by atoms with Crippen LogP contribution < -0.4 is 9.62 Å². The van der Waals surface area contributed by atoms with Crippen LogP contribution in [0.1, 0.15) is 30.1 Å². The zero-order valence-corrected chi connectivity index (χ0v) is 17.0. The molecule has 1 amide bonds. The van der Waals surface area contributed by atoms with Gasteiger partial charge in [-0.3, -0.25) is 9.10 Å². The van der Waals surface area contributed by atoms with E-state index in [-0.39, 0.29) is 17.7 Å². The number of hydrogen-bond donors (Lipinski definition) is 1. The molecule has 8 nitrogen and oxygen atoms in total. The van der Waals surface area contributed by atoms with Crippen LogP contribution in [-0.4, -0.2) is 47.7 Å². The number of amides is 1. The molecule has 1 aliphatic rings. The van der Waals surface area contributed by atoms with Crippen molar-refractivity contribution in [2.24, 2.45) is 0 Å². The van der Waals surface area contributed by atoms with Gasteiger partial charge in [0.15, 0.2) is 0 Å². The molecule has 2 heterocycles. The molecule has 0 saturated carbocycles. The Morgan fingerprint density at radius 3 is 2.66 bits per heavy atom. The summed E-state index contributed by atoms with van der Waals surface area (Å²) in [5.41, 5.74) is 2.82. The number of hydrogen-bond acceptors (Lipinski definition) is 5. The van der Waals surface area contributed by atoms with E-state index in [4.69, 9.17) is 0 Å². The fourth-order valence-electron chi connectivity index (χ4n) is 3.52. The fraction of sp³-hybridized carbons (Fsp3) is 0.350. The second-order valence-electron chi connectivity index (χ2n) is 7.28. The fourth-order valence-corrected chi connectivity index (χ4v) is 5.16. The standard InChI is InChI=1S/C20H23N5O3S/c1-15(14-24-19-7-3-2-6-18(19)22-23-24)21-20(26)16-8-10-17(11-9-16)25-12-4-5-13-29(25,27)28/h2-3,6-11,15H,4-5,12-14H2,1H3,(H,21,26)/t15-/m1/s1. The van der Waals surface area contributed by atoms with Gasteiger partial charge in [-0.2, -0.15) is 0 Å². The van der Waals surface area contributed by atoms with Gasteiger partial charge in [-0.1, -0.05) is 17.3 Å². The molecule has 1 fully saturated rings. The number of anilines is 1. The van der Waals surface area contributed by atoms with Crippen LogP contribution in [0.4, 0.5) is 5.69 Å². The van der Waals surface area contributed by atoms with Crippen molar-refractivity contribution in [1.29, 1.82) is 0 Å². The quantitative estimate of drug-likeness (QED) is 0.691. The van der Waals surface area contributed by atoms with Crippen LogP contribution in [0, 0.1) is 0 Å². The maximum absolute atomic E-state index is 12.6. The molecule has 9 heteroatoms. The second kappa shape index (κ2) is 7.82. The van der Waals surface area contributed by atoms with E-state index < -0.39 is 10.0 Å². The van der Waals surface area contributed by atoms with Gasteiger partial charge in [0.2, 0.25) is 10.0 Å². The highest BCUT2D eigenvalue weighted by Gasteiger charge is 2.26. The molecule has 1 saturated heterocycles. The zero-order chi connectivity index (χ0) is 20.4. The molecular formula is C20H23N5O3S. The molecule has 1 aromatic heterocycles. The number of para-hydroxylation sites is 1. The molecule has 0 bridgehead atoms. The van der Waals surface area contributed by atoms with Crippen molar-refractivity contribution in [3.05, 3.63) is 54.1 Å². The van der Waals surface area contributed by atoms with E-state index in [1.54, 1.807) is 28.9 Å². The summed E-state index contributed by atoms with van der Waals surface area (Å²) in [7, 11) is -3.26. The minimum absolute atomic E-state index is 0.158. The van der Waals surface area contributed by atoms with E-state index in [9.17, 15) is 13.2 Å². The van der Waals surface area contributed by atoms with Gasteiger partial charge < -0.3 is 5.32 Å². The van der Waals surface area contributed by atoms with E-state index in [1.807, 2.05) is 31.2 Å². The average molecular weight is 414 g/mol. The second-order valence-corrected chi connectivity index (χ2v) is 9.29. The van der Waals surface area contributed by atoms with Crippen molar-refractivity contribution >= 4 is 32.7 Å². The summed E-state index contributed by atoms with van der Waals surface area (Å²) in [4.78, 5) is 12.6. The van der Waals surface area contributed by atoms with Crippen molar-refractivity contribution in [1.82, 2.24) is 20.3 Å². The number of carbonyl (C=O) groups is 1. The molecule has 3 aromatic rings. The summed E-state index contributed by atoms with van der Waals surface area (Å²) >= 11 is 0. The molecule has 0 radical (unpaired) electrons. The number of carbonyl (C=O) groups excluding carboxylic acids is 1. The SMILES string of the molecule is C[C@H](Cn1nnc2ccccc21)NC(=O)c1ccc(N2CCCCS2(=O)=O)cc1. The highest BCUT2D eigenvalue weighted by atomic mass is 32.2.